The highest BCUT2D eigenvalue weighted by atomic mass is 16.3. The summed E-state index contributed by atoms with van der Waals surface area (Å²) in [5.74, 6) is 1.03. The maximum Gasteiger partial charge on any atom is 0.129 e. The summed E-state index contributed by atoms with van der Waals surface area (Å²) in [5.41, 5.74) is 0.844. The molecule has 1 aromatic heterocycles. The number of nitrogens with zero attached hydrogens (tertiary/aromatic N) is 2. The van der Waals surface area contributed by atoms with Crippen LogP contribution in [0, 0.1) is 0 Å². The molecular formula is C11H11N3O. The van der Waals surface area contributed by atoms with E-state index >= 15 is 0 Å². The van der Waals surface area contributed by atoms with Gasteiger partial charge >= 0.3 is 0 Å². The minimum atomic E-state index is 0.291. The van der Waals surface area contributed by atoms with Crippen molar-refractivity contribution in [3.8, 4) is 5.75 Å². The molecule has 0 aliphatic carbocycles. The van der Waals surface area contributed by atoms with Crippen molar-refractivity contribution in [2.24, 2.45) is 0 Å². The summed E-state index contributed by atoms with van der Waals surface area (Å²) in [4.78, 5) is 7.84. The van der Waals surface area contributed by atoms with Gasteiger partial charge in [0.05, 0.1) is 0 Å². The molecule has 1 heterocycles. The Morgan fingerprint density at radius 3 is 2.80 bits per heavy atom. The normalized spacial score (nSPS) is 9.87. The van der Waals surface area contributed by atoms with Crippen LogP contribution in [0.1, 0.15) is 5.56 Å². The van der Waals surface area contributed by atoms with E-state index in [9.17, 15) is 5.11 Å². The van der Waals surface area contributed by atoms with Gasteiger partial charge in [-0.2, -0.15) is 0 Å². The maximum atomic E-state index is 9.52. The van der Waals surface area contributed by atoms with Gasteiger partial charge < -0.3 is 10.4 Å². The fraction of sp³-hybridized carbons (Fsp3) is 0.0909. The molecule has 0 bridgehead atoms. The molecule has 0 atom stereocenters. The first-order chi connectivity index (χ1) is 7.36. The molecule has 0 unspecified atom stereocenters. The summed E-state index contributed by atoms with van der Waals surface area (Å²) >= 11 is 0. The second-order valence-electron chi connectivity index (χ2n) is 3.08. The Hall–Kier alpha value is -2.10. The summed E-state index contributed by atoms with van der Waals surface area (Å²) in [5, 5.41) is 12.6. The lowest BCUT2D eigenvalue weighted by Crippen LogP contribution is -2.01. The molecule has 4 heteroatoms. The standard InChI is InChI=1S/C11H11N3O/c15-10-4-2-1-3-9(10)7-13-11-5-6-12-8-14-11/h1-6,8,15H,7H2,(H,12,13,14). The van der Waals surface area contributed by atoms with Gasteiger partial charge in [-0.15, -0.1) is 0 Å². The minimum absolute atomic E-state index is 0.291. The van der Waals surface area contributed by atoms with Crippen LogP contribution in [0.3, 0.4) is 0 Å². The second kappa shape index (κ2) is 4.41. The van der Waals surface area contributed by atoms with E-state index in [1.165, 1.54) is 6.33 Å². The Morgan fingerprint density at radius 2 is 2.07 bits per heavy atom. The van der Waals surface area contributed by atoms with E-state index in [1.807, 2.05) is 12.1 Å². The van der Waals surface area contributed by atoms with E-state index in [1.54, 1.807) is 24.4 Å². The number of hydrogen-bond acceptors (Lipinski definition) is 4. The molecule has 0 amide bonds. The van der Waals surface area contributed by atoms with Crippen LogP contribution in [0.5, 0.6) is 5.75 Å². The summed E-state index contributed by atoms with van der Waals surface area (Å²) in [6, 6.07) is 8.99. The van der Waals surface area contributed by atoms with E-state index in [-0.39, 0.29) is 0 Å². The SMILES string of the molecule is Oc1ccccc1CNc1ccncn1. The van der Waals surface area contributed by atoms with Crippen LogP contribution in [0.15, 0.2) is 42.9 Å². The van der Waals surface area contributed by atoms with Crippen molar-refractivity contribution in [3.63, 3.8) is 0 Å². The third-order valence-electron chi connectivity index (χ3n) is 2.03. The van der Waals surface area contributed by atoms with Gasteiger partial charge in [0.15, 0.2) is 0 Å². The van der Waals surface area contributed by atoms with Gasteiger partial charge in [-0.05, 0) is 12.1 Å². The van der Waals surface area contributed by atoms with Crippen molar-refractivity contribution in [1.82, 2.24) is 9.97 Å². The zero-order valence-electron chi connectivity index (χ0n) is 8.09. The van der Waals surface area contributed by atoms with Crippen LogP contribution in [0.4, 0.5) is 5.82 Å². The molecule has 2 aromatic rings. The van der Waals surface area contributed by atoms with Gasteiger partial charge in [-0.3, -0.25) is 0 Å². The molecule has 0 radical (unpaired) electrons. The lowest BCUT2D eigenvalue weighted by Gasteiger charge is -2.06. The van der Waals surface area contributed by atoms with Gasteiger partial charge in [0.25, 0.3) is 0 Å². The van der Waals surface area contributed by atoms with Crippen molar-refractivity contribution < 1.29 is 5.11 Å². The molecule has 0 saturated heterocycles. The molecule has 76 valence electrons. The largest absolute Gasteiger partial charge is 0.508 e. The third-order valence-corrected chi connectivity index (χ3v) is 2.03. The Labute approximate surface area is 87.6 Å². The minimum Gasteiger partial charge on any atom is -0.508 e. The van der Waals surface area contributed by atoms with Crippen molar-refractivity contribution in [2.75, 3.05) is 5.32 Å². The molecule has 1 aromatic carbocycles. The van der Waals surface area contributed by atoms with Crippen LogP contribution in [0.2, 0.25) is 0 Å². The van der Waals surface area contributed by atoms with Crippen LogP contribution in [0.25, 0.3) is 0 Å². The predicted molar refractivity (Wildman–Crippen MR) is 57.5 cm³/mol. The van der Waals surface area contributed by atoms with Crippen molar-refractivity contribution in [3.05, 3.63) is 48.4 Å². The first kappa shape index (κ1) is 9.45. The Kier molecular flexibility index (Phi) is 2.78. The molecule has 0 fully saturated rings. The molecule has 0 spiro atoms. The average molecular weight is 201 g/mol. The topological polar surface area (TPSA) is 58.0 Å². The molecule has 2 rings (SSSR count). The number of hydrogen-bond donors (Lipinski definition) is 2. The summed E-state index contributed by atoms with van der Waals surface area (Å²) in [6.45, 7) is 0.545. The van der Waals surface area contributed by atoms with Crippen molar-refractivity contribution >= 4 is 5.82 Å². The van der Waals surface area contributed by atoms with E-state index in [0.29, 0.717) is 12.3 Å². The highest BCUT2D eigenvalue weighted by Crippen LogP contribution is 2.16. The van der Waals surface area contributed by atoms with Gasteiger partial charge in [0, 0.05) is 18.3 Å². The summed E-state index contributed by atoms with van der Waals surface area (Å²) < 4.78 is 0. The zero-order valence-corrected chi connectivity index (χ0v) is 8.09. The van der Waals surface area contributed by atoms with Crippen LogP contribution >= 0.6 is 0 Å². The number of phenols is 1. The van der Waals surface area contributed by atoms with E-state index < -0.39 is 0 Å². The number of aromatic hydroxyl groups is 1. The predicted octanol–water partition coefficient (Wildman–Crippen LogP) is 1.79. The van der Waals surface area contributed by atoms with E-state index in [0.717, 1.165) is 11.4 Å². The quantitative estimate of drug-likeness (QED) is 0.794. The lowest BCUT2D eigenvalue weighted by atomic mass is 10.2. The highest BCUT2D eigenvalue weighted by molar-refractivity contribution is 5.38. The fourth-order valence-electron chi connectivity index (χ4n) is 1.24. The number of para-hydroxylation sites is 1. The molecule has 0 aliphatic heterocycles. The van der Waals surface area contributed by atoms with Crippen molar-refractivity contribution in [2.45, 2.75) is 6.54 Å². The average Bonchev–Trinajstić information content (AvgIpc) is 2.29. The van der Waals surface area contributed by atoms with E-state index in [4.69, 9.17) is 0 Å². The molecule has 4 nitrogen and oxygen atoms in total. The molecular weight excluding hydrogens is 190 g/mol. The maximum absolute atomic E-state index is 9.52. The van der Waals surface area contributed by atoms with Gasteiger partial charge in [0.1, 0.15) is 17.9 Å². The Morgan fingerprint density at radius 1 is 1.20 bits per heavy atom. The monoisotopic (exact) mass is 201 g/mol. The van der Waals surface area contributed by atoms with Crippen LogP contribution in [-0.4, -0.2) is 15.1 Å². The van der Waals surface area contributed by atoms with Crippen molar-refractivity contribution in [1.29, 1.82) is 0 Å². The number of anilines is 1. The van der Waals surface area contributed by atoms with Gasteiger partial charge in [-0.25, -0.2) is 9.97 Å². The van der Waals surface area contributed by atoms with Gasteiger partial charge in [0.2, 0.25) is 0 Å². The first-order valence-electron chi connectivity index (χ1n) is 4.63. The fourth-order valence-corrected chi connectivity index (χ4v) is 1.24. The van der Waals surface area contributed by atoms with Gasteiger partial charge in [-0.1, -0.05) is 18.2 Å². The Balaban J connectivity index is 2.03. The number of benzene rings is 1. The number of phenolic OH excluding ortho intramolecular Hbond substituents is 1. The number of rotatable bonds is 3. The zero-order chi connectivity index (χ0) is 10.5. The Bertz CT molecular complexity index is 431. The lowest BCUT2D eigenvalue weighted by molar-refractivity contribution is 0.469. The van der Waals surface area contributed by atoms with Crippen LogP contribution < -0.4 is 5.32 Å². The number of nitrogens with one attached hydrogen (secondary N) is 1. The molecule has 0 aliphatic rings. The van der Waals surface area contributed by atoms with E-state index in [2.05, 4.69) is 15.3 Å². The summed E-state index contributed by atoms with van der Waals surface area (Å²) in [6.07, 6.45) is 3.15. The molecule has 15 heavy (non-hydrogen) atoms. The number of aromatic nitrogens is 2. The highest BCUT2D eigenvalue weighted by Gasteiger charge is 1.98. The molecule has 2 N–H and O–H groups in total. The van der Waals surface area contributed by atoms with Crippen LogP contribution in [-0.2, 0) is 6.54 Å². The third kappa shape index (κ3) is 2.43. The first-order valence-corrected chi connectivity index (χ1v) is 4.63. The smallest absolute Gasteiger partial charge is 0.129 e. The molecule has 0 saturated carbocycles. The summed E-state index contributed by atoms with van der Waals surface area (Å²) in [7, 11) is 0. The second-order valence-corrected chi connectivity index (χ2v) is 3.08.